The van der Waals surface area contributed by atoms with Gasteiger partial charge in [0, 0.05) is 25.8 Å². The summed E-state index contributed by atoms with van der Waals surface area (Å²) < 4.78 is 0. The van der Waals surface area contributed by atoms with Crippen molar-refractivity contribution in [3.63, 3.8) is 0 Å². The fourth-order valence-electron chi connectivity index (χ4n) is 2.54. The first kappa shape index (κ1) is 14.9. The van der Waals surface area contributed by atoms with Crippen molar-refractivity contribution >= 4 is 11.6 Å². The van der Waals surface area contributed by atoms with Crippen molar-refractivity contribution in [2.75, 3.05) is 31.6 Å². The molecule has 1 aromatic rings. The number of hydrogen-bond donors (Lipinski definition) is 2. The van der Waals surface area contributed by atoms with E-state index in [-0.39, 0.29) is 5.91 Å². The number of rotatable bonds is 5. The first-order valence-corrected chi connectivity index (χ1v) is 7.37. The number of nitrogens with one attached hydrogen (secondary N) is 2. The van der Waals surface area contributed by atoms with Crippen LogP contribution in [0.1, 0.15) is 25.0 Å². The van der Waals surface area contributed by atoms with Crippen molar-refractivity contribution in [1.29, 1.82) is 0 Å². The summed E-state index contributed by atoms with van der Waals surface area (Å²) in [7, 11) is 1.99. The lowest BCUT2D eigenvalue weighted by molar-refractivity contribution is -0.119. The van der Waals surface area contributed by atoms with Crippen LogP contribution in [0.25, 0.3) is 0 Å². The van der Waals surface area contributed by atoms with Crippen LogP contribution in [0.2, 0.25) is 0 Å². The minimum absolute atomic E-state index is 0.0905. The second kappa shape index (κ2) is 6.75. The van der Waals surface area contributed by atoms with E-state index >= 15 is 0 Å². The third-order valence-electron chi connectivity index (χ3n) is 3.62. The van der Waals surface area contributed by atoms with Crippen molar-refractivity contribution < 1.29 is 4.79 Å². The zero-order valence-corrected chi connectivity index (χ0v) is 12.7. The van der Waals surface area contributed by atoms with Crippen LogP contribution in [0.4, 0.5) is 5.69 Å². The molecule has 4 heteroatoms. The summed E-state index contributed by atoms with van der Waals surface area (Å²) >= 11 is 0. The molecule has 1 heterocycles. The Morgan fingerprint density at radius 1 is 1.45 bits per heavy atom. The van der Waals surface area contributed by atoms with Crippen LogP contribution < -0.4 is 15.5 Å². The van der Waals surface area contributed by atoms with Gasteiger partial charge in [-0.25, -0.2) is 0 Å². The fraction of sp³-hybridized carbons (Fsp3) is 0.562. The Labute approximate surface area is 121 Å². The second-order valence-electron chi connectivity index (χ2n) is 5.90. The Hall–Kier alpha value is -1.55. The number of carbonyl (C=O) groups is 1. The Balaban J connectivity index is 2.02. The highest BCUT2D eigenvalue weighted by molar-refractivity contribution is 5.81. The Morgan fingerprint density at radius 3 is 3.00 bits per heavy atom. The molecule has 20 heavy (non-hydrogen) atoms. The maximum Gasteiger partial charge on any atom is 0.239 e. The van der Waals surface area contributed by atoms with E-state index < -0.39 is 0 Å². The van der Waals surface area contributed by atoms with Gasteiger partial charge in [-0.05, 0) is 36.1 Å². The Morgan fingerprint density at radius 2 is 2.25 bits per heavy atom. The van der Waals surface area contributed by atoms with Gasteiger partial charge in [0.2, 0.25) is 5.91 Å². The van der Waals surface area contributed by atoms with Crippen LogP contribution in [0.15, 0.2) is 18.2 Å². The largest absolute Gasteiger partial charge is 0.365 e. The maximum atomic E-state index is 11.9. The van der Waals surface area contributed by atoms with Gasteiger partial charge in [0.05, 0.1) is 6.54 Å². The quantitative estimate of drug-likeness (QED) is 0.857. The molecule has 0 aliphatic carbocycles. The number of likely N-dealkylation sites (N-methyl/N-ethyl adjacent to an activating group) is 1. The van der Waals surface area contributed by atoms with E-state index in [2.05, 4.69) is 47.6 Å². The minimum Gasteiger partial charge on any atom is -0.365 e. The van der Waals surface area contributed by atoms with E-state index in [0.717, 1.165) is 26.1 Å². The van der Waals surface area contributed by atoms with Crippen LogP contribution in [0, 0.1) is 5.92 Å². The maximum absolute atomic E-state index is 11.9. The van der Waals surface area contributed by atoms with Gasteiger partial charge >= 0.3 is 0 Å². The van der Waals surface area contributed by atoms with Gasteiger partial charge in [-0.2, -0.15) is 0 Å². The second-order valence-corrected chi connectivity index (χ2v) is 5.90. The average Bonchev–Trinajstić information content (AvgIpc) is 2.44. The molecule has 110 valence electrons. The van der Waals surface area contributed by atoms with Gasteiger partial charge in [0.15, 0.2) is 0 Å². The third-order valence-corrected chi connectivity index (χ3v) is 3.62. The molecule has 0 saturated heterocycles. The zero-order valence-electron chi connectivity index (χ0n) is 12.7. The summed E-state index contributed by atoms with van der Waals surface area (Å²) in [4.78, 5) is 14.0. The van der Waals surface area contributed by atoms with E-state index in [1.54, 1.807) is 0 Å². The van der Waals surface area contributed by atoms with Crippen molar-refractivity contribution in [3.05, 3.63) is 29.3 Å². The molecule has 2 rings (SSSR count). The number of amides is 1. The van der Waals surface area contributed by atoms with E-state index in [1.165, 1.54) is 16.8 Å². The summed E-state index contributed by atoms with van der Waals surface area (Å²) in [6.45, 7) is 7.29. The van der Waals surface area contributed by atoms with Gasteiger partial charge < -0.3 is 15.5 Å². The topological polar surface area (TPSA) is 44.4 Å². The number of fused-ring (bicyclic) bond motifs is 1. The molecule has 0 spiro atoms. The third kappa shape index (κ3) is 3.73. The summed E-state index contributed by atoms with van der Waals surface area (Å²) in [6, 6.07) is 6.35. The molecule has 1 aliphatic rings. The lowest BCUT2D eigenvalue weighted by atomic mass is 9.98. The van der Waals surface area contributed by atoms with Gasteiger partial charge in [-0.1, -0.05) is 26.0 Å². The van der Waals surface area contributed by atoms with Crippen molar-refractivity contribution in [2.24, 2.45) is 5.92 Å². The van der Waals surface area contributed by atoms with Crippen LogP contribution in [0.5, 0.6) is 0 Å². The summed E-state index contributed by atoms with van der Waals surface area (Å²) in [6.07, 6.45) is 1.03. The highest BCUT2D eigenvalue weighted by Crippen LogP contribution is 2.25. The number of anilines is 1. The lowest BCUT2D eigenvalue weighted by Gasteiger charge is -2.26. The molecule has 0 unspecified atom stereocenters. The first-order chi connectivity index (χ1) is 9.58. The molecule has 0 saturated carbocycles. The highest BCUT2D eigenvalue weighted by Gasteiger charge is 2.16. The molecular weight excluding hydrogens is 250 g/mol. The standard InChI is InChI=1S/C16H25N3O/c1-12(2)9-18-16(20)11-19(3)15-6-4-5-13-10-17-8-7-14(13)15/h4-6,12,17H,7-11H2,1-3H3,(H,18,20). The van der Waals surface area contributed by atoms with Crippen LogP contribution in [-0.2, 0) is 17.8 Å². The van der Waals surface area contributed by atoms with Crippen molar-refractivity contribution in [2.45, 2.75) is 26.8 Å². The minimum atomic E-state index is 0.0905. The number of nitrogens with zero attached hydrogens (tertiary/aromatic N) is 1. The van der Waals surface area contributed by atoms with E-state index in [0.29, 0.717) is 12.5 Å². The molecule has 0 bridgehead atoms. The summed E-state index contributed by atoms with van der Waals surface area (Å²) in [5.41, 5.74) is 3.91. The zero-order chi connectivity index (χ0) is 14.5. The van der Waals surface area contributed by atoms with Gasteiger partial charge in [-0.3, -0.25) is 4.79 Å². The van der Waals surface area contributed by atoms with E-state index in [9.17, 15) is 4.79 Å². The highest BCUT2D eigenvalue weighted by atomic mass is 16.2. The molecule has 4 nitrogen and oxygen atoms in total. The molecule has 0 aromatic heterocycles. The molecule has 0 atom stereocenters. The smallest absolute Gasteiger partial charge is 0.239 e. The summed E-state index contributed by atoms with van der Waals surface area (Å²) in [5, 5.41) is 6.35. The SMILES string of the molecule is CC(C)CNC(=O)CN(C)c1cccc2c1CCNC2. The van der Waals surface area contributed by atoms with Crippen LogP contribution in [-0.4, -0.2) is 32.6 Å². The number of benzene rings is 1. The first-order valence-electron chi connectivity index (χ1n) is 7.37. The van der Waals surface area contributed by atoms with Crippen LogP contribution in [0.3, 0.4) is 0 Å². The average molecular weight is 275 g/mol. The van der Waals surface area contributed by atoms with E-state index in [4.69, 9.17) is 0 Å². The molecule has 0 radical (unpaired) electrons. The molecular formula is C16H25N3O. The monoisotopic (exact) mass is 275 g/mol. The van der Waals surface area contributed by atoms with Crippen LogP contribution >= 0.6 is 0 Å². The van der Waals surface area contributed by atoms with Gasteiger partial charge in [-0.15, -0.1) is 0 Å². The normalized spacial score (nSPS) is 14.0. The molecule has 2 N–H and O–H groups in total. The number of carbonyl (C=O) groups excluding carboxylic acids is 1. The predicted octanol–water partition coefficient (Wildman–Crippen LogP) is 1.54. The lowest BCUT2D eigenvalue weighted by Crippen LogP contribution is -2.37. The van der Waals surface area contributed by atoms with Crippen molar-refractivity contribution in [1.82, 2.24) is 10.6 Å². The van der Waals surface area contributed by atoms with E-state index in [1.807, 2.05) is 7.05 Å². The molecule has 1 aromatic carbocycles. The van der Waals surface area contributed by atoms with Gasteiger partial charge in [0.1, 0.15) is 0 Å². The fourth-order valence-corrected chi connectivity index (χ4v) is 2.54. The molecule has 1 amide bonds. The summed E-state index contributed by atoms with van der Waals surface area (Å²) in [5.74, 6) is 0.576. The molecule has 1 aliphatic heterocycles. The van der Waals surface area contributed by atoms with Gasteiger partial charge in [0.25, 0.3) is 0 Å². The molecule has 0 fully saturated rings. The Bertz CT molecular complexity index is 471. The predicted molar refractivity (Wildman–Crippen MR) is 83.0 cm³/mol. The Kier molecular flexibility index (Phi) is 5.01. The van der Waals surface area contributed by atoms with Crippen molar-refractivity contribution in [3.8, 4) is 0 Å². The number of hydrogen-bond acceptors (Lipinski definition) is 3.